The van der Waals surface area contributed by atoms with E-state index in [0.29, 0.717) is 12.1 Å². The number of rotatable bonds is 4. The molecule has 0 heterocycles. The molecule has 0 atom stereocenters. The predicted molar refractivity (Wildman–Crippen MR) is 70.7 cm³/mol. The number of aromatic hydroxyl groups is 1. The summed E-state index contributed by atoms with van der Waals surface area (Å²) in [5.41, 5.74) is 0.236. The zero-order valence-corrected chi connectivity index (χ0v) is 11.4. The van der Waals surface area contributed by atoms with E-state index >= 15 is 0 Å². The van der Waals surface area contributed by atoms with Crippen LogP contribution in [0.4, 0.5) is 0 Å². The molecule has 0 aromatic heterocycles. The fraction of sp³-hybridized carbons (Fsp3) is 0.500. The van der Waals surface area contributed by atoms with Crippen LogP contribution in [0.5, 0.6) is 5.75 Å². The highest BCUT2D eigenvalue weighted by atomic mass is 16.3. The lowest BCUT2D eigenvalue weighted by atomic mass is 10.1. The number of carbonyl (C=O) groups excluding carboxylic acids is 1. The maximum absolute atomic E-state index is 12.2. The summed E-state index contributed by atoms with van der Waals surface area (Å²) in [5, 5.41) is 19.4. The summed E-state index contributed by atoms with van der Waals surface area (Å²) in [5.74, 6) is -0.0740. The van der Waals surface area contributed by atoms with E-state index in [1.807, 2.05) is 6.92 Å². The SMILES string of the molecule is CCN(CC(C)(C)O)C(=O)c1ccc(C)c(O)c1. The number of phenols is 1. The van der Waals surface area contributed by atoms with Gasteiger partial charge in [0.2, 0.25) is 0 Å². The Labute approximate surface area is 108 Å². The number of hydrogen-bond acceptors (Lipinski definition) is 3. The first-order valence-electron chi connectivity index (χ1n) is 6.06. The van der Waals surface area contributed by atoms with Crippen LogP contribution < -0.4 is 0 Å². The van der Waals surface area contributed by atoms with Crippen LogP contribution in [0, 0.1) is 6.92 Å². The van der Waals surface area contributed by atoms with Crippen molar-refractivity contribution in [2.75, 3.05) is 13.1 Å². The van der Waals surface area contributed by atoms with Crippen molar-refractivity contribution in [2.24, 2.45) is 0 Å². The third kappa shape index (κ3) is 3.74. The second kappa shape index (κ2) is 5.40. The lowest BCUT2D eigenvalue weighted by molar-refractivity contribution is 0.0314. The third-order valence-corrected chi connectivity index (χ3v) is 2.70. The molecule has 1 rings (SSSR count). The van der Waals surface area contributed by atoms with Crippen LogP contribution in [0.25, 0.3) is 0 Å². The molecule has 0 unspecified atom stereocenters. The Morgan fingerprint density at radius 1 is 1.39 bits per heavy atom. The van der Waals surface area contributed by atoms with E-state index in [0.717, 1.165) is 5.56 Å². The highest BCUT2D eigenvalue weighted by Crippen LogP contribution is 2.19. The average molecular weight is 251 g/mol. The first-order valence-corrected chi connectivity index (χ1v) is 6.06. The predicted octanol–water partition coefficient (Wildman–Crippen LogP) is 1.93. The first-order chi connectivity index (χ1) is 8.24. The minimum atomic E-state index is -0.932. The zero-order valence-electron chi connectivity index (χ0n) is 11.4. The van der Waals surface area contributed by atoms with E-state index < -0.39 is 5.60 Å². The van der Waals surface area contributed by atoms with Crippen molar-refractivity contribution in [3.05, 3.63) is 29.3 Å². The van der Waals surface area contributed by atoms with Crippen molar-refractivity contribution in [1.29, 1.82) is 0 Å². The molecule has 4 nitrogen and oxygen atoms in total. The number of aliphatic hydroxyl groups is 1. The molecule has 0 radical (unpaired) electrons. The number of phenolic OH excluding ortho intramolecular Hbond substituents is 1. The van der Waals surface area contributed by atoms with Gasteiger partial charge in [-0.15, -0.1) is 0 Å². The van der Waals surface area contributed by atoms with Crippen molar-refractivity contribution in [3.8, 4) is 5.75 Å². The second-order valence-electron chi connectivity index (χ2n) is 5.13. The van der Waals surface area contributed by atoms with E-state index in [-0.39, 0.29) is 18.2 Å². The zero-order chi connectivity index (χ0) is 13.9. The van der Waals surface area contributed by atoms with Gasteiger partial charge < -0.3 is 15.1 Å². The maximum Gasteiger partial charge on any atom is 0.254 e. The normalized spacial score (nSPS) is 11.4. The number of amides is 1. The van der Waals surface area contributed by atoms with Crippen LogP contribution in [0.15, 0.2) is 18.2 Å². The van der Waals surface area contributed by atoms with E-state index in [1.54, 1.807) is 37.8 Å². The molecular formula is C14H21NO3. The molecule has 0 aliphatic carbocycles. The van der Waals surface area contributed by atoms with Crippen LogP contribution in [0.2, 0.25) is 0 Å². The van der Waals surface area contributed by atoms with Crippen LogP contribution in [-0.4, -0.2) is 39.7 Å². The summed E-state index contributed by atoms with van der Waals surface area (Å²) >= 11 is 0. The Balaban J connectivity index is 2.93. The summed E-state index contributed by atoms with van der Waals surface area (Å²) in [6.45, 7) is 7.73. The molecule has 1 amide bonds. The van der Waals surface area contributed by atoms with Gasteiger partial charge in [-0.3, -0.25) is 4.79 Å². The fourth-order valence-electron chi connectivity index (χ4n) is 1.72. The van der Waals surface area contributed by atoms with Crippen molar-refractivity contribution in [1.82, 2.24) is 4.90 Å². The number of aryl methyl sites for hydroxylation is 1. The van der Waals surface area contributed by atoms with Gasteiger partial charge in [0.25, 0.3) is 5.91 Å². The first kappa shape index (κ1) is 14.5. The van der Waals surface area contributed by atoms with Gasteiger partial charge in [-0.25, -0.2) is 0 Å². The Kier molecular flexibility index (Phi) is 4.35. The molecule has 4 heteroatoms. The van der Waals surface area contributed by atoms with Gasteiger partial charge in [-0.1, -0.05) is 6.07 Å². The van der Waals surface area contributed by atoms with Gasteiger partial charge in [-0.05, 0) is 45.4 Å². The lowest BCUT2D eigenvalue weighted by Crippen LogP contribution is -2.42. The lowest BCUT2D eigenvalue weighted by Gasteiger charge is -2.28. The minimum absolute atomic E-state index is 0.111. The molecule has 2 N–H and O–H groups in total. The highest BCUT2D eigenvalue weighted by molar-refractivity contribution is 5.94. The molecule has 0 bridgehead atoms. The molecule has 0 fully saturated rings. The van der Waals surface area contributed by atoms with E-state index in [1.165, 1.54) is 6.07 Å². The molecular weight excluding hydrogens is 230 g/mol. The molecule has 1 aromatic rings. The molecule has 1 aromatic carbocycles. The van der Waals surface area contributed by atoms with Crippen molar-refractivity contribution in [3.63, 3.8) is 0 Å². The smallest absolute Gasteiger partial charge is 0.254 e. The van der Waals surface area contributed by atoms with Gasteiger partial charge in [0.15, 0.2) is 0 Å². The number of benzene rings is 1. The standard InChI is InChI=1S/C14H21NO3/c1-5-15(9-14(3,4)18)13(17)11-7-6-10(2)12(16)8-11/h6-8,16,18H,5,9H2,1-4H3. The largest absolute Gasteiger partial charge is 0.508 e. The number of carbonyl (C=O) groups is 1. The van der Waals surface area contributed by atoms with E-state index in [4.69, 9.17) is 0 Å². The maximum atomic E-state index is 12.2. The monoisotopic (exact) mass is 251 g/mol. The second-order valence-corrected chi connectivity index (χ2v) is 5.13. The van der Waals surface area contributed by atoms with Crippen LogP contribution in [0.1, 0.15) is 36.7 Å². The topological polar surface area (TPSA) is 60.8 Å². The van der Waals surface area contributed by atoms with E-state index in [9.17, 15) is 15.0 Å². The van der Waals surface area contributed by atoms with Gasteiger partial charge in [0.1, 0.15) is 5.75 Å². The quantitative estimate of drug-likeness (QED) is 0.859. The van der Waals surface area contributed by atoms with E-state index in [2.05, 4.69) is 0 Å². The molecule has 18 heavy (non-hydrogen) atoms. The summed E-state index contributed by atoms with van der Waals surface area (Å²) in [6.07, 6.45) is 0. The Bertz CT molecular complexity index is 435. The van der Waals surface area contributed by atoms with Gasteiger partial charge in [0, 0.05) is 18.7 Å². The molecule has 0 spiro atoms. The Morgan fingerprint density at radius 3 is 2.44 bits per heavy atom. The summed E-state index contributed by atoms with van der Waals surface area (Å²) < 4.78 is 0. The Morgan fingerprint density at radius 2 is 2.00 bits per heavy atom. The van der Waals surface area contributed by atoms with Crippen LogP contribution >= 0.6 is 0 Å². The van der Waals surface area contributed by atoms with Crippen molar-refractivity contribution >= 4 is 5.91 Å². The number of nitrogens with zero attached hydrogens (tertiary/aromatic N) is 1. The molecule has 0 saturated carbocycles. The highest BCUT2D eigenvalue weighted by Gasteiger charge is 2.22. The Hall–Kier alpha value is -1.55. The van der Waals surface area contributed by atoms with Crippen LogP contribution in [0.3, 0.4) is 0 Å². The van der Waals surface area contributed by atoms with Crippen molar-refractivity contribution in [2.45, 2.75) is 33.3 Å². The number of likely N-dealkylation sites (N-methyl/N-ethyl adjacent to an activating group) is 1. The molecule has 100 valence electrons. The summed E-state index contributed by atoms with van der Waals surface area (Å²) in [4.78, 5) is 13.8. The molecule has 0 aliphatic heterocycles. The summed E-state index contributed by atoms with van der Waals surface area (Å²) in [6, 6.07) is 4.86. The average Bonchev–Trinajstić information content (AvgIpc) is 2.27. The van der Waals surface area contributed by atoms with Gasteiger partial charge in [-0.2, -0.15) is 0 Å². The van der Waals surface area contributed by atoms with Gasteiger partial charge >= 0.3 is 0 Å². The third-order valence-electron chi connectivity index (χ3n) is 2.70. The number of hydrogen-bond donors (Lipinski definition) is 2. The fourth-order valence-corrected chi connectivity index (χ4v) is 1.72. The molecule has 0 aliphatic rings. The van der Waals surface area contributed by atoms with Crippen LogP contribution in [-0.2, 0) is 0 Å². The van der Waals surface area contributed by atoms with Crippen molar-refractivity contribution < 1.29 is 15.0 Å². The minimum Gasteiger partial charge on any atom is -0.508 e. The van der Waals surface area contributed by atoms with Gasteiger partial charge in [0.05, 0.1) is 5.60 Å². The molecule has 0 saturated heterocycles. The summed E-state index contributed by atoms with van der Waals surface area (Å²) in [7, 11) is 0.